The lowest BCUT2D eigenvalue weighted by Crippen LogP contribution is -2.25. The summed E-state index contributed by atoms with van der Waals surface area (Å²) in [6, 6.07) is 5.06. The van der Waals surface area contributed by atoms with Gasteiger partial charge in [-0.1, -0.05) is 6.07 Å². The van der Waals surface area contributed by atoms with Gasteiger partial charge in [0.05, 0.1) is 16.3 Å². The largest absolute Gasteiger partial charge is 0.314 e. The number of benzene rings is 1. The molecule has 0 bridgehead atoms. The molecule has 0 aliphatic carbocycles. The predicted octanol–water partition coefficient (Wildman–Crippen LogP) is 1.14. The number of carbonyl (C=O) groups excluding carboxylic acids is 1. The summed E-state index contributed by atoms with van der Waals surface area (Å²) in [4.78, 5) is 13.3. The minimum absolute atomic E-state index is 0.0482. The molecule has 0 atom stereocenters. The molecule has 1 aromatic carbocycles. The summed E-state index contributed by atoms with van der Waals surface area (Å²) in [5, 5.41) is 0. The van der Waals surface area contributed by atoms with Crippen LogP contribution in [0.5, 0.6) is 0 Å². The predicted molar refractivity (Wildman–Crippen MR) is 61.3 cm³/mol. The summed E-state index contributed by atoms with van der Waals surface area (Å²) in [7, 11) is -1.71. The van der Waals surface area contributed by atoms with Crippen molar-refractivity contribution >= 4 is 21.4 Å². The van der Waals surface area contributed by atoms with Gasteiger partial charge in [-0.05, 0) is 24.6 Å². The molecule has 0 unspecified atom stereocenters. The van der Waals surface area contributed by atoms with E-state index in [0.717, 1.165) is 5.56 Å². The van der Waals surface area contributed by atoms with E-state index >= 15 is 0 Å². The van der Waals surface area contributed by atoms with E-state index in [2.05, 4.69) is 0 Å². The van der Waals surface area contributed by atoms with Gasteiger partial charge in [-0.15, -0.1) is 0 Å². The third-order valence-corrected chi connectivity index (χ3v) is 4.53. The first-order chi connectivity index (χ1) is 7.42. The number of hydrogen-bond acceptors (Lipinski definition) is 3. The van der Waals surface area contributed by atoms with E-state index in [1.165, 1.54) is 4.90 Å². The summed E-state index contributed by atoms with van der Waals surface area (Å²) in [6.45, 7) is 1.87. The van der Waals surface area contributed by atoms with Crippen molar-refractivity contribution in [1.82, 2.24) is 0 Å². The highest BCUT2D eigenvalue weighted by molar-refractivity contribution is 7.91. The van der Waals surface area contributed by atoms with Gasteiger partial charge in [0.1, 0.15) is 0 Å². The number of carbonyl (C=O) groups is 1. The Hall–Kier alpha value is -1.36. The maximum absolute atomic E-state index is 11.9. The highest BCUT2D eigenvalue weighted by Crippen LogP contribution is 2.30. The molecule has 1 amide bonds. The number of hydrogen-bond donors (Lipinski definition) is 0. The molecule has 86 valence electrons. The molecule has 0 spiro atoms. The third-order valence-electron chi connectivity index (χ3n) is 2.77. The van der Waals surface area contributed by atoms with E-state index in [0.29, 0.717) is 5.69 Å². The van der Waals surface area contributed by atoms with Crippen LogP contribution in [0.1, 0.15) is 12.0 Å². The summed E-state index contributed by atoms with van der Waals surface area (Å²) >= 11 is 0. The lowest BCUT2D eigenvalue weighted by molar-refractivity contribution is -0.117. The van der Waals surface area contributed by atoms with Gasteiger partial charge in [-0.25, -0.2) is 8.42 Å². The zero-order chi connectivity index (χ0) is 11.9. The minimum atomic E-state index is -3.32. The molecule has 2 rings (SSSR count). The Morgan fingerprint density at radius 1 is 1.31 bits per heavy atom. The van der Waals surface area contributed by atoms with Crippen LogP contribution < -0.4 is 4.90 Å². The molecule has 0 radical (unpaired) electrons. The van der Waals surface area contributed by atoms with Gasteiger partial charge in [-0.3, -0.25) is 4.79 Å². The van der Waals surface area contributed by atoms with Crippen molar-refractivity contribution in [1.29, 1.82) is 0 Å². The topological polar surface area (TPSA) is 54.5 Å². The van der Waals surface area contributed by atoms with Crippen LogP contribution in [0, 0.1) is 6.92 Å². The Balaban J connectivity index is 2.73. The Kier molecular flexibility index (Phi) is 2.50. The molecule has 0 fully saturated rings. The van der Waals surface area contributed by atoms with Gasteiger partial charge in [0, 0.05) is 13.5 Å². The van der Waals surface area contributed by atoms with Crippen LogP contribution in [0.2, 0.25) is 0 Å². The monoisotopic (exact) mass is 239 g/mol. The maximum atomic E-state index is 11.9. The Morgan fingerprint density at radius 3 is 2.69 bits per heavy atom. The van der Waals surface area contributed by atoms with Crippen molar-refractivity contribution < 1.29 is 13.2 Å². The Morgan fingerprint density at radius 2 is 2.00 bits per heavy atom. The van der Waals surface area contributed by atoms with Crippen LogP contribution in [0.3, 0.4) is 0 Å². The molecular formula is C11H13NO3S. The Labute approximate surface area is 94.8 Å². The molecule has 16 heavy (non-hydrogen) atoms. The second-order valence-electron chi connectivity index (χ2n) is 3.99. The van der Waals surface area contributed by atoms with Crippen molar-refractivity contribution in [3.05, 3.63) is 23.8 Å². The highest BCUT2D eigenvalue weighted by atomic mass is 32.2. The standard InChI is InChI=1S/C11H13NO3S/c1-8-3-4-10-9(7-8)12(2)11(13)5-6-16(10,14)15/h3-4,7H,5-6H2,1-2H3. The number of amides is 1. The SMILES string of the molecule is Cc1ccc2c(c1)N(C)C(=O)CCS2(=O)=O. The fraction of sp³-hybridized carbons (Fsp3) is 0.364. The molecule has 0 saturated carbocycles. The lowest BCUT2D eigenvalue weighted by Gasteiger charge is -2.17. The smallest absolute Gasteiger partial charge is 0.227 e. The minimum Gasteiger partial charge on any atom is -0.314 e. The average Bonchev–Trinajstić information content (AvgIpc) is 2.30. The number of nitrogens with zero attached hydrogens (tertiary/aromatic N) is 1. The number of fused-ring (bicyclic) bond motifs is 1. The first-order valence-corrected chi connectivity index (χ1v) is 6.67. The maximum Gasteiger partial charge on any atom is 0.227 e. The van der Waals surface area contributed by atoms with Crippen LogP contribution in [0.15, 0.2) is 23.1 Å². The number of anilines is 1. The molecule has 1 aliphatic heterocycles. The van der Waals surface area contributed by atoms with Crippen LogP contribution in [0.4, 0.5) is 5.69 Å². The normalized spacial score (nSPS) is 19.1. The van der Waals surface area contributed by atoms with E-state index < -0.39 is 9.84 Å². The van der Waals surface area contributed by atoms with Crippen molar-refractivity contribution in [2.24, 2.45) is 0 Å². The average molecular weight is 239 g/mol. The molecule has 0 N–H and O–H groups in total. The second kappa shape index (κ2) is 3.59. The lowest BCUT2D eigenvalue weighted by atomic mass is 10.2. The molecule has 1 aromatic rings. The van der Waals surface area contributed by atoms with E-state index in [9.17, 15) is 13.2 Å². The first kappa shape index (κ1) is 11.1. The van der Waals surface area contributed by atoms with Gasteiger partial charge < -0.3 is 4.90 Å². The Bertz CT molecular complexity index is 548. The fourth-order valence-corrected chi connectivity index (χ4v) is 3.24. The van der Waals surface area contributed by atoms with Crippen LogP contribution in [-0.4, -0.2) is 27.1 Å². The van der Waals surface area contributed by atoms with E-state index in [1.54, 1.807) is 25.2 Å². The first-order valence-electron chi connectivity index (χ1n) is 5.02. The van der Waals surface area contributed by atoms with Crippen LogP contribution in [-0.2, 0) is 14.6 Å². The van der Waals surface area contributed by atoms with Crippen molar-refractivity contribution in [2.45, 2.75) is 18.2 Å². The van der Waals surface area contributed by atoms with Gasteiger partial charge in [0.25, 0.3) is 0 Å². The van der Waals surface area contributed by atoms with Gasteiger partial charge in [-0.2, -0.15) is 0 Å². The molecule has 4 nitrogen and oxygen atoms in total. The summed E-state index contributed by atoms with van der Waals surface area (Å²) in [6.07, 6.45) is 0.0482. The molecule has 0 aromatic heterocycles. The fourth-order valence-electron chi connectivity index (χ4n) is 1.79. The molecule has 1 heterocycles. The zero-order valence-electron chi connectivity index (χ0n) is 9.23. The summed E-state index contributed by atoms with van der Waals surface area (Å²) < 4.78 is 23.8. The third kappa shape index (κ3) is 1.71. The van der Waals surface area contributed by atoms with E-state index in [1.807, 2.05) is 6.92 Å². The van der Waals surface area contributed by atoms with Gasteiger partial charge in [0.2, 0.25) is 5.91 Å². The molecule has 5 heteroatoms. The highest BCUT2D eigenvalue weighted by Gasteiger charge is 2.28. The molecule has 1 aliphatic rings. The molecule has 0 saturated heterocycles. The van der Waals surface area contributed by atoms with E-state index in [4.69, 9.17) is 0 Å². The van der Waals surface area contributed by atoms with Gasteiger partial charge in [0.15, 0.2) is 9.84 Å². The van der Waals surface area contributed by atoms with Crippen molar-refractivity contribution in [3.8, 4) is 0 Å². The molecular weight excluding hydrogens is 226 g/mol. The van der Waals surface area contributed by atoms with E-state index in [-0.39, 0.29) is 23.0 Å². The summed E-state index contributed by atoms with van der Waals surface area (Å²) in [5.74, 6) is -0.264. The zero-order valence-corrected chi connectivity index (χ0v) is 10.0. The number of aryl methyl sites for hydroxylation is 1. The quantitative estimate of drug-likeness (QED) is 0.682. The van der Waals surface area contributed by atoms with Gasteiger partial charge >= 0.3 is 0 Å². The second-order valence-corrected chi connectivity index (χ2v) is 6.07. The number of sulfone groups is 1. The van der Waals surface area contributed by atoms with Crippen molar-refractivity contribution in [2.75, 3.05) is 17.7 Å². The number of rotatable bonds is 0. The summed E-state index contributed by atoms with van der Waals surface area (Å²) in [5.41, 5.74) is 1.43. The van der Waals surface area contributed by atoms with Crippen molar-refractivity contribution in [3.63, 3.8) is 0 Å². The van der Waals surface area contributed by atoms with Crippen LogP contribution in [0.25, 0.3) is 0 Å². The van der Waals surface area contributed by atoms with Crippen LogP contribution >= 0.6 is 0 Å².